The summed E-state index contributed by atoms with van der Waals surface area (Å²) in [5.41, 5.74) is 0.601. The third-order valence-electron chi connectivity index (χ3n) is 4.08. The monoisotopic (exact) mass is 406 g/mol. The number of fused-ring (bicyclic) bond motifs is 1. The minimum absolute atomic E-state index is 0.0878. The molecule has 0 bridgehead atoms. The number of nitro benzene ring substituents is 1. The van der Waals surface area contributed by atoms with E-state index in [0.29, 0.717) is 23.1 Å². The van der Waals surface area contributed by atoms with Gasteiger partial charge in [-0.15, -0.1) is 0 Å². The SMILES string of the molecule is CCN(CC)S(=O)(=O)c1ccc(Sc2ncc3ccccn23)c([N+](=O)[O-])c1. The summed E-state index contributed by atoms with van der Waals surface area (Å²) in [5.74, 6) is 0. The molecule has 3 rings (SSSR count). The lowest BCUT2D eigenvalue weighted by Crippen LogP contribution is -2.30. The van der Waals surface area contributed by atoms with Crippen LogP contribution in [0.5, 0.6) is 0 Å². The van der Waals surface area contributed by atoms with Gasteiger partial charge in [-0.2, -0.15) is 4.31 Å². The number of aromatic nitrogens is 2. The molecule has 0 radical (unpaired) electrons. The first-order chi connectivity index (χ1) is 12.9. The largest absolute Gasteiger partial charge is 0.295 e. The van der Waals surface area contributed by atoms with Gasteiger partial charge in [-0.1, -0.05) is 19.9 Å². The number of rotatable bonds is 7. The van der Waals surface area contributed by atoms with Crippen molar-refractivity contribution in [2.24, 2.45) is 0 Å². The van der Waals surface area contributed by atoms with Gasteiger partial charge in [0.15, 0.2) is 5.16 Å². The van der Waals surface area contributed by atoms with E-state index < -0.39 is 14.9 Å². The van der Waals surface area contributed by atoms with E-state index in [4.69, 9.17) is 0 Å². The van der Waals surface area contributed by atoms with E-state index >= 15 is 0 Å². The lowest BCUT2D eigenvalue weighted by molar-refractivity contribution is -0.388. The van der Waals surface area contributed by atoms with Crippen LogP contribution in [0.15, 0.2) is 63.7 Å². The Kier molecular flexibility index (Phi) is 5.49. The van der Waals surface area contributed by atoms with Gasteiger partial charge in [-0.3, -0.25) is 14.5 Å². The van der Waals surface area contributed by atoms with Crippen molar-refractivity contribution in [1.82, 2.24) is 13.7 Å². The number of pyridine rings is 1. The molecule has 27 heavy (non-hydrogen) atoms. The summed E-state index contributed by atoms with van der Waals surface area (Å²) in [6.45, 7) is 4.04. The third kappa shape index (κ3) is 3.68. The van der Waals surface area contributed by atoms with Crippen LogP contribution in [0.2, 0.25) is 0 Å². The summed E-state index contributed by atoms with van der Waals surface area (Å²) in [5, 5.41) is 12.1. The van der Waals surface area contributed by atoms with E-state index in [1.54, 1.807) is 20.0 Å². The van der Waals surface area contributed by atoms with Crippen molar-refractivity contribution in [1.29, 1.82) is 0 Å². The molecule has 0 aliphatic carbocycles. The minimum atomic E-state index is -3.77. The minimum Gasteiger partial charge on any atom is -0.295 e. The zero-order valence-electron chi connectivity index (χ0n) is 14.8. The maximum atomic E-state index is 12.7. The summed E-state index contributed by atoms with van der Waals surface area (Å²) in [4.78, 5) is 15.5. The van der Waals surface area contributed by atoms with Gasteiger partial charge in [0.1, 0.15) is 0 Å². The Bertz CT molecular complexity index is 1090. The van der Waals surface area contributed by atoms with Gasteiger partial charge in [0, 0.05) is 25.4 Å². The highest BCUT2D eigenvalue weighted by Gasteiger charge is 2.26. The van der Waals surface area contributed by atoms with Crippen molar-refractivity contribution >= 4 is 33.0 Å². The molecule has 0 aliphatic rings. The van der Waals surface area contributed by atoms with Crippen molar-refractivity contribution in [2.75, 3.05) is 13.1 Å². The Morgan fingerprint density at radius 2 is 1.96 bits per heavy atom. The second-order valence-corrected chi connectivity index (χ2v) is 8.56. The van der Waals surface area contributed by atoms with Crippen LogP contribution in [0.4, 0.5) is 5.69 Å². The molecule has 0 spiro atoms. The summed E-state index contributed by atoms with van der Waals surface area (Å²) in [6.07, 6.45) is 3.49. The van der Waals surface area contributed by atoms with E-state index in [-0.39, 0.29) is 10.6 Å². The highest BCUT2D eigenvalue weighted by Crippen LogP contribution is 2.36. The van der Waals surface area contributed by atoms with E-state index in [9.17, 15) is 18.5 Å². The summed E-state index contributed by atoms with van der Waals surface area (Å²) in [6, 6.07) is 9.58. The first-order valence-corrected chi connectivity index (χ1v) is 10.5. The van der Waals surface area contributed by atoms with Gasteiger partial charge in [-0.05, 0) is 36.0 Å². The number of hydrogen-bond donors (Lipinski definition) is 0. The molecular weight excluding hydrogens is 388 g/mol. The zero-order chi connectivity index (χ0) is 19.6. The average Bonchev–Trinajstić information content (AvgIpc) is 3.05. The van der Waals surface area contributed by atoms with Gasteiger partial charge in [0.25, 0.3) is 5.69 Å². The molecule has 1 aromatic carbocycles. The second-order valence-electron chi connectivity index (χ2n) is 5.61. The van der Waals surface area contributed by atoms with Gasteiger partial charge in [0.2, 0.25) is 10.0 Å². The molecule has 0 unspecified atom stereocenters. The molecule has 2 aromatic heterocycles. The maximum Gasteiger partial charge on any atom is 0.284 e. The normalized spacial score (nSPS) is 12.0. The Morgan fingerprint density at radius 1 is 1.22 bits per heavy atom. The lowest BCUT2D eigenvalue weighted by atomic mass is 10.3. The van der Waals surface area contributed by atoms with Crippen LogP contribution >= 0.6 is 11.8 Å². The van der Waals surface area contributed by atoms with Gasteiger partial charge >= 0.3 is 0 Å². The molecule has 10 heteroatoms. The van der Waals surface area contributed by atoms with Crippen molar-refractivity contribution < 1.29 is 13.3 Å². The van der Waals surface area contributed by atoms with E-state index in [0.717, 1.165) is 23.3 Å². The molecule has 0 N–H and O–H groups in total. The van der Waals surface area contributed by atoms with Crippen molar-refractivity contribution in [2.45, 2.75) is 28.8 Å². The molecule has 8 nitrogen and oxygen atoms in total. The van der Waals surface area contributed by atoms with Crippen LogP contribution in [0.3, 0.4) is 0 Å². The van der Waals surface area contributed by atoms with Crippen LogP contribution in [-0.4, -0.2) is 40.1 Å². The van der Waals surface area contributed by atoms with E-state index in [2.05, 4.69) is 4.98 Å². The third-order valence-corrected chi connectivity index (χ3v) is 7.17. The summed E-state index contributed by atoms with van der Waals surface area (Å²) in [7, 11) is -3.77. The number of nitro groups is 1. The number of imidazole rings is 1. The fraction of sp³-hybridized carbons (Fsp3) is 0.235. The highest BCUT2D eigenvalue weighted by molar-refractivity contribution is 7.99. The van der Waals surface area contributed by atoms with E-state index in [1.807, 2.05) is 28.8 Å². The fourth-order valence-electron chi connectivity index (χ4n) is 2.69. The standard InChI is InChI=1S/C17H18N4O4S2/c1-3-19(4-2)27(24,25)14-8-9-16(15(11-14)21(22)23)26-17-18-12-13-7-5-6-10-20(13)17/h5-12H,3-4H2,1-2H3. The molecule has 0 atom stereocenters. The van der Waals surface area contributed by atoms with Crippen LogP contribution in [0.1, 0.15) is 13.8 Å². The van der Waals surface area contributed by atoms with Crippen LogP contribution in [-0.2, 0) is 10.0 Å². The summed E-state index contributed by atoms with van der Waals surface area (Å²) < 4.78 is 28.4. The van der Waals surface area contributed by atoms with Crippen molar-refractivity contribution in [3.05, 3.63) is 58.9 Å². The molecule has 2 heterocycles. The van der Waals surface area contributed by atoms with E-state index in [1.165, 1.54) is 16.4 Å². The number of hydrogen-bond acceptors (Lipinski definition) is 6. The van der Waals surface area contributed by atoms with Gasteiger partial charge < -0.3 is 0 Å². The molecule has 0 saturated heterocycles. The van der Waals surface area contributed by atoms with Crippen LogP contribution in [0.25, 0.3) is 5.52 Å². The predicted molar refractivity (Wildman–Crippen MR) is 103 cm³/mol. The molecular formula is C17H18N4O4S2. The second kappa shape index (κ2) is 7.67. The molecule has 3 aromatic rings. The molecule has 0 fully saturated rings. The Labute approximate surface area is 161 Å². The predicted octanol–water partition coefficient (Wildman–Crippen LogP) is 3.42. The average molecular weight is 406 g/mol. The first-order valence-electron chi connectivity index (χ1n) is 8.27. The topological polar surface area (TPSA) is 97.8 Å². The van der Waals surface area contributed by atoms with Crippen LogP contribution < -0.4 is 0 Å². The zero-order valence-corrected chi connectivity index (χ0v) is 16.4. The van der Waals surface area contributed by atoms with Gasteiger partial charge in [0.05, 0.1) is 26.4 Å². The highest BCUT2D eigenvalue weighted by atomic mass is 32.2. The molecule has 0 aliphatic heterocycles. The fourth-order valence-corrected chi connectivity index (χ4v) is 5.11. The Hall–Kier alpha value is -2.43. The smallest absolute Gasteiger partial charge is 0.284 e. The quantitative estimate of drug-likeness (QED) is 0.440. The number of nitrogens with zero attached hydrogens (tertiary/aromatic N) is 4. The van der Waals surface area contributed by atoms with Crippen molar-refractivity contribution in [3.8, 4) is 0 Å². The molecule has 142 valence electrons. The number of sulfonamides is 1. The maximum absolute atomic E-state index is 12.7. The van der Waals surface area contributed by atoms with Crippen LogP contribution in [0, 0.1) is 10.1 Å². The first kappa shape index (κ1) is 19.3. The van der Waals surface area contributed by atoms with Crippen molar-refractivity contribution in [3.63, 3.8) is 0 Å². The Balaban J connectivity index is 2.03. The lowest BCUT2D eigenvalue weighted by Gasteiger charge is -2.18. The molecule has 0 amide bonds. The number of benzene rings is 1. The Morgan fingerprint density at radius 3 is 2.63 bits per heavy atom. The summed E-state index contributed by atoms with van der Waals surface area (Å²) >= 11 is 1.12. The molecule has 0 saturated carbocycles. The van der Waals surface area contributed by atoms with Gasteiger partial charge in [-0.25, -0.2) is 13.4 Å².